The number of phenolic OH excluding ortho intramolecular Hbond substituents is 1. The van der Waals surface area contributed by atoms with Crippen LogP contribution < -0.4 is 0 Å². The molecule has 3 nitrogen and oxygen atoms in total. The molecule has 28 heavy (non-hydrogen) atoms. The van der Waals surface area contributed by atoms with Gasteiger partial charge in [0.15, 0.2) is 0 Å². The smallest absolute Gasteiger partial charge is 0.115 e. The molecule has 3 aliphatic rings. The Bertz CT molecular complexity index is 672. The van der Waals surface area contributed by atoms with E-state index < -0.39 is 0 Å². The number of hydrogen-bond donors (Lipinski definition) is 2. The van der Waals surface area contributed by atoms with Crippen molar-refractivity contribution in [2.24, 2.45) is 17.3 Å². The number of methoxy groups -OCH3 is 1. The first-order valence-corrected chi connectivity index (χ1v) is 11.5. The fourth-order valence-corrected chi connectivity index (χ4v) is 6.95. The topological polar surface area (TPSA) is 49.7 Å². The monoisotopic (exact) mass is 386 g/mol. The number of rotatable bonds is 7. The van der Waals surface area contributed by atoms with Gasteiger partial charge in [-0.1, -0.05) is 32.3 Å². The Labute approximate surface area is 170 Å². The molecule has 4 rings (SSSR count). The van der Waals surface area contributed by atoms with Gasteiger partial charge >= 0.3 is 0 Å². The molecule has 0 aromatic heterocycles. The summed E-state index contributed by atoms with van der Waals surface area (Å²) >= 11 is 0. The molecule has 2 N–H and O–H groups in total. The second-order valence-corrected chi connectivity index (χ2v) is 9.96. The lowest BCUT2D eigenvalue weighted by molar-refractivity contribution is -0.0252. The van der Waals surface area contributed by atoms with Crippen LogP contribution >= 0.6 is 0 Å². The van der Waals surface area contributed by atoms with Crippen LogP contribution in [0.15, 0.2) is 18.2 Å². The zero-order valence-electron chi connectivity index (χ0n) is 17.7. The summed E-state index contributed by atoms with van der Waals surface area (Å²) in [6.07, 6.45) is 11.8. The van der Waals surface area contributed by atoms with Crippen LogP contribution in [0.5, 0.6) is 5.75 Å². The third kappa shape index (κ3) is 3.61. The predicted molar refractivity (Wildman–Crippen MR) is 113 cm³/mol. The number of ether oxygens (including phenoxy) is 1. The molecule has 156 valence electrons. The first kappa shape index (κ1) is 20.2. The third-order valence-electron chi connectivity index (χ3n) is 8.50. The van der Waals surface area contributed by atoms with Crippen LogP contribution in [0.3, 0.4) is 0 Å². The molecule has 0 aliphatic heterocycles. The maximum absolute atomic E-state index is 10.7. The minimum atomic E-state index is -0.112. The minimum Gasteiger partial charge on any atom is -0.508 e. The summed E-state index contributed by atoms with van der Waals surface area (Å²) in [6, 6.07) is 6.15. The number of phenols is 1. The average Bonchev–Trinajstić information content (AvgIpc) is 2.99. The average molecular weight is 387 g/mol. The van der Waals surface area contributed by atoms with Gasteiger partial charge in [-0.2, -0.15) is 0 Å². The largest absolute Gasteiger partial charge is 0.508 e. The Morgan fingerprint density at radius 2 is 1.89 bits per heavy atom. The van der Waals surface area contributed by atoms with Gasteiger partial charge in [0.1, 0.15) is 5.75 Å². The van der Waals surface area contributed by atoms with E-state index in [0.717, 1.165) is 25.9 Å². The molecule has 0 spiro atoms. The number of benzene rings is 1. The van der Waals surface area contributed by atoms with Crippen LogP contribution in [0.4, 0.5) is 0 Å². The molecule has 3 aliphatic carbocycles. The molecule has 0 amide bonds. The van der Waals surface area contributed by atoms with Crippen LogP contribution in [0, 0.1) is 17.3 Å². The summed E-state index contributed by atoms with van der Waals surface area (Å²) in [5.74, 6) is 2.96. The lowest BCUT2D eigenvalue weighted by Crippen LogP contribution is -2.44. The van der Waals surface area contributed by atoms with E-state index in [9.17, 15) is 10.2 Å². The van der Waals surface area contributed by atoms with Crippen LogP contribution in [-0.4, -0.2) is 30.0 Å². The number of fused-ring (bicyclic) bond motifs is 5. The second-order valence-electron chi connectivity index (χ2n) is 9.96. The maximum Gasteiger partial charge on any atom is 0.115 e. The van der Waals surface area contributed by atoms with E-state index in [4.69, 9.17) is 4.74 Å². The molecule has 2 saturated carbocycles. The van der Waals surface area contributed by atoms with Crippen molar-refractivity contribution in [3.8, 4) is 5.75 Å². The number of unbranched alkanes of at least 4 members (excludes halogenated alkanes) is 3. The third-order valence-corrected chi connectivity index (χ3v) is 8.50. The highest BCUT2D eigenvalue weighted by molar-refractivity contribution is 5.42. The summed E-state index contributed by atoms with van der Waals surface area (Å²) in [5.41, 5.74) is 3.04. The van der Waals surface area contributed by atoms with E-state index in [0.29, 0.717) is 29.4 Å². The highest BCUT2D eigenvalue weighted by Gasteiger charge is 2.55. The van der Waals surface area contributed by atoms with Crippen molar-refractivity contribution in [3.63, 3.8) is 0 Å². The van der Waals surface area contributed by atoms with Gasteiger partial charge in [-0.25, -0.2) is 0 Å². The first-order chi connectivity index (χ1) is 13.5. The lowest BCUT2D eigenvalue weighted by Gasteiger charge is -2.51. The van der Waals surface area contributed by atoms with Gasteiger partial charge in [0.05, 0.1) is 6.10 Å². The highest BCUT2D eigenvalue weighted by Crippen LogP contribution is 2.62. The maximum atomic E-state index is 10.7. The molecule has 0 bridgehead atoms. The Morgan fingerprint density at radius 1 is 1.07 bits per heavy atom. The van der Waals surface area contributed by atoms with Crippen molar-refractivity contribution in [3.05, 3.63) is 29.3 Å². The van der Waals surface area contributed by atoms with Crippen molar-refractivity contribution >= 4 is 0 Å². The van der Waals surface area contributed by atoms with E-state index >= 15 is 0 Å². The van der Waals surface area contributed by atoms with Crippen LogP contribution in [0.25, 0.3) is 0 Å². The normalized spacial score (nSPS) is 36.6. The molecule has 2 fully saturated rings. The molecule has 2 unspecified atom stereocenters. The van der Waals surface area contributed by atoms with E-state index in [2.05, 4.69) is 19.1 Å². The SMILES string of the molecule is COCCCCCC[C@@H]1C[C@@H]2C(CC[C@@]3(C)C2CC[C@@H]3O)c2ccc(O)cc21. The molecular formula is C25H38O3. The highest BCUT2D eigenvalue weighted by atomic mass is 16.5. The quantitative estimate of drug-likeness (QED) is 0.587. The van der Waals surface area contributed by atoms with Crippen molar-refractivity contribution < 1.29 is 14.9 Å². The Morgan fingerprint density at radius 3 is 2.71 bits per heavy atom. The first-order valence-electron chi connectivity index (χ1n) is 11.5. The summed E-state index contributed by atoms with van der Waals surface area (Å²) in [7, 11) is 1.78. The number of hydrogen-bond acceptors (Lipinski definition) is 3. The van der Waals surface area contributed by atoms with Gasteiger partial charge in [0, 0.05) is 13.7 Å². The van der Waals surface area contributed by atoms with Gasteiger partial charge < -0.3 is 14.9 Å². The van der Waals surface area contributed by atoms with Crippen LogP contribution in [0.1, 0.15) is 94.1 Å². The molecule has 3 heteroatoms. The fraction of sp³-hybridized carbons (Fsp3) is 0.760. The number of aliphatic hydroxyl groups is 1. The van der Waals surface area contributed by atoms with E-state index in [1.54, 1.807) is 7.11 Å². The molecular weight excluding hydrogens is 348 g/mol. The summed E-state index contributed by atoms with van der Waals surface area (Å²) in [6.45, 7) is 3.22. The van der Waals surface area contributed by atoms with Crippen LogP contribution in [0.2, 0.25) is 0 Å². The van der Waals surface area contributed by atoms with Gasteiger partial charge in [0.25, 0.3) is 0 Å². The Kier molecular flexibility index (Phi) is 6.04. The van der Waals surface area contributed by atoms with E-state index in [1.165, 1.54) is 56.1 Å². The second kappa shape index (κ2) is 8.36. The van der Waals surface area contributed by atoms with Gasteiger partial charge in [-0.15, -0.1) is 0 Å². The number of aliphatic hydroxyl groups excluding tert-OH is 1. The molecule has 6 atom stereocenters. The standard InChI is InChI=1S/C25H38O3/c1-25-13-12-20-19-9-8-18(26)16-21(19)17(7-5-3-4-6-14-28-2)15-22(20)23(25)10-11-24(25)27/h8-9,16-17,20,22-24,26-27H,3-7,10-15H2,1-2H3/t17-,20?,22-,23?,24+,25+/m1/s1. The predicted octanol–water partition coefficient (Wildman–Crippen LogP) is 5.75. The zero-order valence-corrected chi connectivity index (χ0v) is 17.7. The van der Waals surface area contributed by atoms with Crippen molar-refractivity contribution in [1.29, 1.82) is 0 Å². The van der Waals surface area contributed by atoms with Gasteiger partial charge in [-0.3, -0.25) is 0 Å². The molecule has 1 aromatic rings. The Hall–Kier alpha value is -1.06. The van der Waals surface area contributed by atoms with Crippen molar-refractivity contribution in [2.45, 2.75) is 89.1 Å². The van der Waals surface area contributed by atoms with E-state index in [-0.39, 0.29) is 11.5 Å². The summed E-state index contributed by atoms with van der Waals surface area (Å²) in [5, 5.41) is 20.8. The molecule has 0 heterocycles. The van der Waals surface area contributed by atoms with Crippen LogP contribution in [-0.2, 0) is 4.74 Å². The lowest BCUT2D eigenvalue weighted by atomic mass is 9.53. The number of aromatic hydroxyl groups is 1. The Balaban J connectivity index is 1.52. The van der Waals surface area contributed by atoms with Gasteiger partial charge in [0.2, 0.25) is 0 Å². The van der Waals surface area contributed by atoms with E-state index in [1.807, 2.05) is 6.07 Å². The fourth-order valence-electron chi connectivity index (χ4n) is 6.95. The summed E-state index contributed by atoms with van der Waals surface area (Å²) < 4.78 is 5.17. The van der Waals surface area contributed by atoms with Gasteiger partial charge in [-0.05, 0) is 97.3 Å². The molecule has 0 radical (unpaired) electrons. The molecule has 0 saturated heterocycles. The van der Waals surface area contributed by atoms with Crippen molar-refractivity contribution in [2.75, 3.05) is 13.7 Å². The molecule has 1 aromatic carbocycles. The summed E-state index contributed by atoms with van der Waals surface area (Å²) in [4.78, 5) is 0. The minimum absolute atomic E-state index is 0.112. The van der Waals surface area contributed by atoms with Crippen molar-refractivity contribution in [1.82, 2.24) is 0 Å². The zero-order chi connectivity index (χ0) is 19.7.